The molecular weight excluding hydrogens is 350 g/mol. The smallest absolute Gasteiger partial charge is 0.227 e. The lowest BCUT2D eigenvalue weighted by molar-refractivity contribution is -0.126. The first-order valence-electron chi connectivity index (χ1n) is 9.59. The molecule has 0 saturated carbocycles. The number of piperidine rings is 1. The molecule has 5 nitrogen and oxygen atoms in total. The molecule has 3 rings (SSSR count). The molecule has 1 atom stereocenters. The lowest BCUT2D eigenvalue weighted by Crippen LogP contribution is -2.37. The number of nitrogens with one attached hydrogen (secondary N) is 1. The van der Waals surface area contributed by atoms with Gasteiger partial charge in [-0.1, -0.05) is 30.7 Å². The van der Waals surface area contributed by atoms with E-state index in [1.54, 1.807) is 11.0 Å². The number of benzene rings is 1. The number of likely N-dealkylation sites (tertiary alicyclic amines) is 1. The molecule has 0 bridgehead atoms. The fourth-order valence-corrected chi connectivity index (χ4v) is 3.97. The maximum atomic E-state index is 12.4. The lowest BCUT2D eigenvalue weighted by atomic mass is 9.99. The summed E-state index contributed by atoms with van der Waals surface area (Å²) < 4.78 is 0. The van der Waals surface area contributed by atoms with Crippen molar-refractivity contribution >= 4 is 29.1 Å². The number of carbonyl (C=O) groups excluding carboxylic acids is 2. The maximum absolute atomic E-state index is 12.4. The average molecular weight is 378 g/mol. The minimum Gasteiger partial charge on any atom is -0.356 e. The van der Waals surface area contributed by atoms with Crippen molar-refractivity contribution in [2.45, 2.75) is 32.6 Å². The number of hydrogen-bond acceptors (Lipinski definition) is 3. The Kier molecular flexibility index (Phi) is 6.54. The van der Waals surface area contributed by atoms with Gasteiger partial charge >= 0.3 is 0 Å². The zero-order chi connectivity index (χ0) is 18.5. The summed E-state index contributed by atoms with van der Waals surface area (Å²) in [4.78, 5) is 28.8. The van der Waals surface area contributed by atoms with Gasteiger partial charge in [0.05, 0.1) is 16.6 Å². The number of rotatable bonds is 6. The van der Waals surface area contributed by atoms with Gasteiger partial charge in [-0.2, -0.15) is 0 Å². The van der Waals surface area contributed by atoms with Gasteiger partial charge in [0, 0.05) is 19.5 Å². The van der Waals surface area contributed by atoms with Gasteiger partial charge in [0.25, 0.3) is 0 Å². The molecule has 1 aromatic carbocycles. The van der Waals surface area contributed by atoms with Crippen molar-refractivity contribution in [3.8, 4) is 0 Å². The minimum absolute atomic E-state index is 0.0276. The molecule has 2 saturated heterocycles. The quantitative estimate of drug-likeness (QED) is 0.775. The van der Waals surface area contributed by atoms with Gasteiger partial charge in [-0.3, -0.25) is 9.59 Å². The van der Waals surface area contributed by atoms with E-state index in [9.17, 15) is 9.59 Å². The standard InChI is InChI=1S/C20H28ClN3O2/c1-15-7-11-23(12-8-15)10-4-9-22-20(26)16-13-19(25)24(14-16)18-6-3-2-5-17(18)21/h2-3,5-6,15-16H,4,7-14H2,1H3,(H,22,26)/t16-/m0/s1. The molecule has 2 heterocycles. The molecule has 142 valence electrons. The van der Waals surface area contributed by atoms with E-state index in [0.717, 1.165) is 18.9 Å². The highest BCUT2D eigenvalue weighted by Crippen LogP contribution is 2.31. The highest BCUT2D eigenvalue weighted by molar-refractivity contribution is 6.33. The van der Waals surface area contributed by atoms with Gasteiger partial charge in [0.15, 0.2) is 0 Å². The van der Waals surface area contributed by atoms with E-state index in [0.29, 0.717) is 23.8 Å². The van der Waals surface area contributed by atoms with Crippen LogP contribution in [0.15, 0.2) is 24.3 Å². The second-order valence-corrected chi connectivity index (χ2v) is 7.93. The van der Waals surface area contributed by atoms with Crippen LogP contribution >= 0.6 is 11.6 Å². The molecular formula is C20H28ClN3O2. The molecule has 2 aliphatic heterocycles. The van der Waals surface area contributed by atoms with Crippen LogP contribution in [0.5, 0.6) is 0 Å². The predicted molar refractivity (Wildman–Crippen MR) is 104 cm³/mol. The van der Waals surface area contributed by atoms with Crippen LogP contribution in [0.2, 0.25) is 5.02 Å². The summed E-state index contributed by atoms with van der Waals surface area (Å²) in [7, 11) is 0. The minimum atomic E-state index is -0.297. The first-order chi connectivity index (χ1) is 12.5. The van der Waals surface area contributed by atoms with Gasteiger partial charge in [-0.25, -0.2) is 0 Å². The van der Waals surface area contributed by atoms with E-state index >= 15 is 0 Å². The second-order valence-electron chi connectivity index (χ2n) is 7.53. The molecule has 0 radical (unpaired) electrons. The highest BCUT2D eigenvalue weighted by atomic mass is 35.5. The monoisotopic (exact) mass is 377 g/mol. The first-order valence-corrected chi connectivity index (χ1v) is 9.97. The molecule has 1 aromatic rings. The van der Waals surface area contributed by atoms with Crippen LogP contribution in [-0.2, 0) is 9.59 Å². The molecule has 0 spiro atoms. The Morgan fingerprint density at radius 1 is 1.27 bits per heavy atom. The summed E-state index contributed by atoms with van der Waals surface area (Å²) in [6.07, 6.45) is 3.75. The SMILES string of the molecule is CC1CCN(CCCNC(=O)[C@H]2CC(=O)N(c3ccccc3Cl)C2)CC1. The van der Waals surface area contributed by atoms with Crippen LogP contribution in [0.1, 0.15) is 32.6 Å². The van der Waals surface area contributed by atoms with Crippen molar-refractivity contribution in [3.05, 3.63) is 29.3 Å². The van der Waals surface area contributed by atoms with E-state index in [4.69, 9.17) is 11.6 Å². The highest BCUT2D eigenvalue weighted by Gasteiger charge is 2.35. The largest absolute Gasteiger partial charge is 0.356 e. The molecule has 2 amide bonds. The number of hydrogen-bond donors (Lipinski definition) is 1. The topological polar surface area (TPSA) is 52.7 Å². The van der Waals surface area contributed by atoms with Crippen molar-refractivity contribution < 1.29 is 9.59 Å². The van der Waals surface area contributed by atoms with Crippen molar-refractivity contribution in [3.63, 3.8) is 0 Å². The molecule has 0 aliphatic carbocycles. The number of carbonyl (C=O) groups is 2. The van der Waals surface area contributed by atoms with Crippen LogP contribution < -0.4 is 10.2 Å². The molecule has 2 aliphatic rings. The number of anilines is 1. The van der Waals surface area contributed by atoms with E-state index < -0.39 is 0 Å². The third kappa shape index (κ3) is 4.77. The van der Waals surface area contributed by atoms with Crippen molar-refractivity contribution in [2.75, 3.05) is 37.6 Å². The predicted octanol–water partition coefficient (Wildman–Crippen LogP) is 2.93. The van der Waals surface area contributed by atoms with E-state index in [2.05, 4.69) is 17.1 Å². The Bertz CT molecular complexity index is 644. The summed E-state index contributed by atoms with van der Waals surface area (Å²) >= 11 is 6.18. The fourth-order valence-electron chi connectivity index (χ4n) is 3.73. The Balaban J connectivity index is 1.41. The number of halogens is 1. The summed E-state index contributed by atoms with van der Waals surface area (Å²) in [5.74, 6) is 0.474. The molecule has 6 heteroatoms. The van der Waals surface area contributed by atoms with Gasteiger partial charge in [0.2, 0.25) is 11.8 Å². The summed E-state index contributed by atoms with van der Waals surface area (Å²) in [6.45, 7) is 6.74. The third-order valence-electron chi connectivity index (χ3n) is 5.47. The zero-order valence-corrected chi connectivity index (χ0v) is 16.2. The van der Waals surface area contributed by atoms with Crippen LogP contribution in [0.25, 0.3) is 0 Å². The Hall–Kier alpha value is -1.59. The fraction of sp³-hybridized carbons (Fsp3) is 0.600. The zero-order valence-electron chi connectivity index (χ0n) is 15.4. The third-order valence-corrected chi connectivity index (χ3v) is 5.79. The van der Waals surface area contributed by atoms with Crippen molar-refractivity contribution in [1.29, 1.82) is 0 Å². The molecule has 0 aromatic heterocycles. The average Bonchev–Trinajstić information content (AvgIpc) is 3.02. The number of para-hydroxylation sites is 1. The van der Waals surface area contributed by atoms with Gasteiger partial charge in [-0.15, -0.1) is 0 Å². The Morgan fingerprint density at radius 3 is 2.73 bits per heavy atom. The van der Waals surface area contributed by atoms with Crippen molar-refractivity contribution in [2.24, 2.45) is 11.8 Å². The first kappa shape index (κ1) is 19.2. The summed E-state index contributed by atoms with van der Waals surface area (Å²) in [5.41, 5.74) is 0.689. The molecule has 1 N–H and O–H groups in total. The van der Waals surface area contributed by atoms with Crippen LogP contribution in [0.3, 0.4) is 0 Å². The molecule has 26 heavy (non-hydrogen) atoms. The second kappa shape index (κ2) is 8.87. The lowest BCUT2D eigenvalue weighted by Gasteiger charge is -2.30. The van der Waals surface area contributed by atoms with E-state index in [-0.39, 0.29) is 24.2 Å². The number of amides is 2. The Morgan fingerprint density at radius 2 is 2.00 bits per heavy atom. The summed E-state index contributed by atoms with van der Waals surface area (Å²) in [6, 6.07) is 7.27. The maximum Gasteiger partial charge on any atom is 0.227 e. The molecule has 0 unspecified atom stereocenters. The van der Waals surface area contributed by atoms with E-state index in [1.165, 1.54) is 25.9 Å². The van der Waals surface area contributed by atoms with Crippen molar-refractivity contribution in [1.82, 2.24) is 10.2 Å². The normalized spacial score (nSPS) is 22.0. The number of nitrogens with zero attached hydrogens (tertiary/aromatic N) is 2. The summed E-state index contributed by atoms with van der Waals surface area (Å²) in [5, 5.41) is 3.54. The van der Waals surface area contributed by atoms with Gasteiger partial charge < -0.3 is 15.1 Å². The van der Waals surface area contributed by atoms with Crippen LogP contribution in [0.4, 0.5) is 5.69 Å². The van der Waals surface area contributed by atoms with Crippen LogP contribution in [-0.4, -0.2) is 49.4 Å². The molecule has 2 fully saturated rings. The Labute approximate surface area is 160 Å². The van der Waals surface area contributed by atoms with Gasteiger partial charge in [0.1, 0.15) is 0 Å². The van der Waals surface area contributed by atoms with E-state index in [1.807, 2.05) is 18.2 Å². The van der Waals surface area contributed by atoms with Gasteiger partial charge in [-0.05, 0) is 56.9 Å². The van der Waals surface area contributed by atoms with Crippen LogP contribution in [0, 0.1) is 11.8 Å².